The molecule has 2 bridgehead atoms. The number of fused-ring (bicyclic) bond motifs is 1. The van der Waals surface area contributed by atoms with Gasteiger partial charge in [0, 0.05) is 24.1 Å². The third-order valence-corrected chi connectivity index (χ3v) is 6.57. The summed E-state index contributed by atoms with van der Waals surface area (Å²) in [4.78, 5) is 21.5. The van der Waals surface area contributed by atoms with Gasteiger partial charge in [0.15, 0.2) is 5.65 Å². The van der Waals surface area contributed by atoms with E-state index in [0.29, 0.717) is 49.4 Å². The minimum absolute atomic E-state index is 0.0431. The molecule has 10 heteroatoms. The van der Waals surface area contributed by atoms with Crippen LogP contribution in [-0.2, 0) is 4.79 Å². The van der Waals surface area contributed by atoms with Crippen LogP contribution in [0.25, 0.3) is 5.65 Å². The normalized spacial score (nSPS) is 28.5. The Labute approximate surface area is 175 Å². The Kier molecular flexibility index (Phi) is 3.72. The van der Waals surface area contributed by atoms with Gasteiger partial charge in [0.05, 0.1) is 30.5 Å². The van der Waals surface area contributed by atoms with Gasteiger partial charge in [-0.15, -0.1) is 0 Å². The molecule has 3 aromatic rings. The van der Waals surface area contributed by atoms with Crippen LogP contribution >= 0.6 is 0 Å². The van der Waals surface area contributed by atoms with E-state index in [1.54, 1.807) is 23.1 Å². The molecule has 1 aliphatic heterocycles. The maximum atomic E-state index is 13.7. The summed E-state index contributed by atoms with van der Waals surface area (Å²) in [6, 6.07) is 2.88. The predicted molar refractivity (Wildman–Crippen MR) is 104 cm³/mol. The van der Waals surface area contributed by atoms with E-state index >= 15 is 0 Å². The molecule has 2 aromatic heterocycles. The molecule has 3 aliphatic carbocycles. The number of aromatic nitrogens is 4. The molecule has 4 aliphatic rings. The Morgan fingerprint density at radius 2 is 1.94 bits per heavy atom. The fourth-order valence-corrected chi connectivity index (χ4v) is 5.29. The van der Waals surface area contributed by atoms with Crippen LogP contribution < -0.4 is 4.74 Å². The Balaban J connectivity index is 1.11. The summed E-state index contributed by atoms with van der Waals surface area (Å²) in [6.45, 7) is 0.469. The highest BCUT2D eigenvalue weighted by atomic mass is 19.1. The van der Waals surface area contributed by atoms with Crippen molar-refractivity contribution in [2.75, 3.05) is 6.61 Å². The second-order valence-corrected chi connectivity index (χ2v) is 8.79. The number of carbonyl (C=O) groups excluding carboxylic acids is 1. The van der Waals surface area contributed by atoms with E-state index < -0.39 is 23.1 Å². The zero-order chi connectivity index (χ0) is 21.2. The van der Waals surface area contributed by atoms with Gasteiger partial charge in [-0.3, -0.25) is 4.79 Å². The summed E-state index contributed by atoms with van der Waals surface area (Å²) >= 11 is 0. The standard InChI is InChI=1S/C21H18F2N6O2/c22-14-3-13(4-15(23)5-14)16-1-2-26-29(16)19(30)21-8-20(9-21,10-21)11-31-18-7-28-17(6-24-18)25-12-27-28/h2-7,12,16H,1,8-11H2. The van der Waals surface area contributed by atoms with Gasteiger partial charge in [-0.25, -0.2) is 28.3 Å². The van der Waals surface area contributed by atoms with E-state index in [2.05, 4.69) is 20.2 Å². The van der Waals surface area contributed by atoms with Crippen molar-refractivity contribution in [3.05, 3.63) is 54.1 Å². The minimum atomic E-state index is -0.659. The zero-order valence-corrected chi connectivity index (χ0v) is 16.4. The van der Waals surface area contributed by atoms with E-state index in [0.717, 1.165) is 6.07 Å². The molecule has 3 saturated carbocycles. The lowest BCUT2D eigenvalue weighted by Crippen LogP contribution is -2.69. The topological polar surface area (TPSA) is 85.0 Å². The highest BCUT2D eigenvalue weighted by molar-refractivity contribution is 5.88. The Hall–Kier alpha value is -3.43. The fourth-order valence-electron chi connectivity index (χ4n) is 5.29. The number of amides is 1. The molecule has 0 saturated heterocycles. The van der Waals surface area contributed by atoms with Crippen molar-refractivity contribution in [3.8, 4) is 5.88 Å². The number of carbonyl (C=O) groups is 1. The summed E-state index contributed by atoms with van der Waals surface area (Å²) < 4.78 is 34.8. The van der Waals surface area contributed by atoms with Gasteiger partial charge < -0.3 is 4.74 Å². The molecule has 1 atom stereocenters. The largest absolute Gasteiger partial charge is 0.476 e. The van der Waals surface area contributed by atoms with Gasteiger partial charge >= 0.3 is 0 Å². The average Bonchev–Trinajstić information content (AvgIpc) is 3.34. The van der Waals surface area contributed by atoms with Crippen molar-refractivity contribution in [3.63, 3.8) is 0 Å². The third kappa shape index (κ3) is 2.81. The van der Waals surface area contributed by atoms with Gasteiger partial charge in [-0.05, 0) is 37.0 Å². The summed E-state index contributed by atoms with van der Waals surface area (Å²) in [6.07, 6.45) is 8.91. The molecule has 1 amide bonds. The number of ether oxygens (including phenoxy) is 1. The van der Waals surface area contributed by atoms with Crippen LogP contribution in [0.4, 0.5) is 8.78 Å². The molecule has 158 valence electrons. The van der Waals surface area contributed by atoms with Gasteiger partial charge in [0.2, 0.25) is 11.8 Å². The predicted octanol–water partition coefficient (Wildman–Crippen LogP) is 2.91. The highest BCUT2D eigenvalue weighted by Gasteiger charge is 2.73. The number of hydrazone groups is 1. The summed E-state index contributed by atoms with van der Waals surface area (Å²) in [7, 11) is 0. The molecule has 1 aromatic carbocycles. The monoisotopic (exact) mass is 424 g/mol. The van der Waals surface area contributed by atoms with Crippen LogP contribution in [0.15, 0.2) is 42.0 Å². The van der Waals surface area contributed by atoms with Crippen LogP contribution in [0.1, 0.15) is 37.3 Å². The van der Waals surface area contributed by atoms with Crippen molar-refractivity contribution in [2.45, 2.75) is 31.7 Å². The number of benzene rings is 1. The SMILES string of the molecule is O=C(N1N=CCC1c1cc(F)cc(F)c1)C12CC(COc3cn4ncnc4cn3)(C1)C2. The van der Waals surface area contributed by atoms with Gasteiger partial charge in [0.25, 0.3) is 0 Å². The molecular formula is C21H18F2N6O2. The number of halogens is 2. The third-order valence-electron chi connectivity index (χ3n) is 6.57. The smallest absolute Gasteiger partial charge is 0.249 e. The van der Waals surface area contributed by atoms with Crippen molar-refractivity contribution in [1.82, 2.24) is 24.6 Å². The molecule has 3 fully saturated rings. The fraction of sp³-hybridized carbons (Fsp3) is 0.381. The van der Waals surface area contributed by atoms with Crippen LogP contribution in [0, 0.1) is 22.5 Å². The highest BCUT2D eigenvalue weighted by Crippen LogP contribution is 2.74. The van der Waals surface area contributed by atoms with E-state index in [9.17, 15) is 13.6 Å². The number of rotatable bonds is 5. The molecule has 0 N–H and O–H groups in total. The summed E-state index contributed by atoms with van der Waals surface area (Å²) in [5, 5.41) is 9.69. The maximum absolute atomic E-state index is 13.7. The van der Waals surface area contributed by atoms with Crippen molar-refractivity contribution >= 4 is 17.8 Å². The van der Waals surface area contributed by atoms with Crippen molar-refractivity contribution < 1.29 is 18.3 Å². The Bertz CT molecular complexity index is 1200. The minimum Gasteiger partial charge on any atom is -0.476 e. The van der Waals surface area contributed by atoms with E-state index in [-0.39, 0.29) is 11.3 Å². The quantitative estimate of drug-likeness (QED) is 0.629. The molecule has 7 rings (SSSR count). The molecule has 1 unspecified atom stereocenters. The molecular weight excluding hydrogens is 406 g/mol. The lowest BCUT2D eigenvalue weighted by Gasteiger charge is -2.69. The van der Waals surface area contributed by atoms with E-state index in [4.69, 9.17) is 4.74 Å². The first kappa shape index (κ1) is 18.3. The van der Waals surface area contributed by atoms with E-state index in [1.807, 2.05) is 0 Å². The van der Waals surface area contributed by atoms with Gasteiger partial charge in [-0.2, -0.15) is 10.2 Å². The molecule has 31 heavy (non-hydrogen) atoms. The van der Waals surface area contributed by atoms with Gasteiger partial charge in [-0.1, -0.05) is 0 Å². The van der Waals surface area contributed by atoms with Crippen LogP contribution in [0.3, 0.4) is 0 Å². The first-order valence-electron chi connectivity index (χ1n) is 10.1. The first-order chi connectivity index (χ1) is 15.0. The van der Waals surface area contributed by atoms with Crippen LogP contribution in [-0.4, -0.2) is 43.3 Å². The zero-order valence-electron chi connectivity index (χ0n) is 16.4. The van der Waals surface area contributed by atoms with E-state index in [1.165, 1.54) is 23.5 Å². The number of hydrogen-bond donors (Lipinski definition) is 0. The summed E-state index contributed by atoms with van der Waals surface area (Å²) in [5.74, 6) is -0.942. The lowest BCUT2D eigenvalue weighted by atomic mass is 9.35. The second-order valence-electron chi connectivity index (χ2n) is 8.79. The van der Waals surface area contributed by atoms with Crippen molar-refractivity contribution in [2.24, 2.45) is 15.9 Å². The number of nitrogens with zero attached hydrogens (tertiary/aromatic N) is 6. The maximum Gasteiger partial charge on any atom is 0.249 e. The molecule has 8 nitrogen and oxygen atoms in total. The molecule has 0 radical (unpaired) electrons. The van der Waals surface area contributed by atoms with Crippen LogP contribution in [0.5, 0.6) is 5.88 Å². The van der Waals surface area contributed by atoms with Gasteiger partial charge in [0.1, 0.15) is 18.0 Å². The molecule has 3 heterocycles. The van der Waals surface area contributed by atoms with Crippen LogP contribution in [0.2, 0.25) is 0 Å². The van der Waals surface area contributed by atoms with Crippen molar-refractivity contribution in [1.29, 1.82) is 0 Å². The number of hydrogen-bond acceptors (Lipinski definition) is 6. The molecule has 0 spiro atoms. The lowest BCUT2D eigenvalue weighted by molar-refractivity contribution is -0.227. The second kappa shape index (κ2) is 6.29. The Morgan fingerprint density at radius 3 is 2.71 bits per heavy atom. The summed E-state index contributed by atoms with van der Waals surface area (Å²) in [5.41, 5.74) is 0.556. The first-order valence-corrected chi connectivity index (χ1v) is 10.1. The Morgan fingerprint density at radius 1 is 1.16 bits per heavy atom. The average molecular weight is 424 g/mol.